The van der Waals surface area contributed by atoms with Crippen molar-refractivity contribution in [2.24, 2.45) is 0 Å². The third-order valence-electron chi connectivity index (χ3n) is 2.59. The van der Waals surface area contributed by atoms with Crippen LogP contribution in [0.1, 0.15) is 39.3 Å². The van der Waals surface area contributed by atoms with E-state index in [1.54, 1.807) is 11.3 Å². The molecule has 0 fully saturated rings. The lowest BCUT2D eigenvalue weighted by Crippen LogP contribution is -2.32. The molecule has 0 saturated heterocycles. The number of nitrogens with zero attached hydrogens (tertiary/aromatic N) is 1. The van der Waals surface area contributed by atoms with E-state index in [9.17, 15) is 0 Å². The number of aryl methyl sites for hydroxylation is 1. The molecule has 0 bridgehead atoms. The lowest BCUT2D eigenvalue weighted by atomic mass is 9.96. The molecule has 13 heavy (non-hydrogen) atoms. The van der Waals surface area contributed by atoms with Gasteiger partial charge in [-0.3, -0.25) is 0 Å². The summed E-state index contributed by atoms with van der Waals surface area (Å²) in [6, 6.07) is 0. The maximum Gasteiger partial charge on any atom is 0.183 e. The van der Waals surface area contributed by atoms with Crippen LogP contribution in [-0.4, -0.2) is 10.5 Å². The number of rotatable bonds is 4. The standard InChI is InChI=1S/C10H18N2S/c1-5-10(4,6-2)12-9-11-8(3)7-13-9/h7H,5-6H2,1-4H3,(H,11,12). The van der Waals surface area contributed by atoms with E-state index < -0.39 is 0 Å². The van der Waals surface area contributed by atoms with Crippen LogP contribution in [0.2, 0.25) is 0 Å². The highest BCUT2D eigenvalue weighted by molar-refractivity contribution is 7.13. The van der Waals surface area contributed by atoms with Crippen molar-refractivity contribution in [3.05, 3.63) is 11.1 Å². The predicted octanol–water partition coefficient (Wildman–Crippen LogP) is 3.44. The molecule has 74 valence electrons. The van der Waals surface area contributed by atoms with Crippen LogP contribution in [0.15, 0.2) is 5.38 Å². The Morgan fingerprint density at radius 2 is 2.08 bits per heavy atom. The molecule has 0 saturated carbocycles. The summed E-state index contributed by atoms with van der Waals surface area (Å²) in [6.07, 6.45) is 2.25. The Morgan fingerprint density at radius 1 is 1.46 bits per heavy atom. The normalized spacial score (nSPS) is 11.7. The molecular weight excluding hydrogens is 180 g/mol. The van der Waals surface area contributed by atoms with Crippen LogP contribution in [0.3, 0.4) is 0 Å². The summed E-state index contributed by atoms with van der Waals surface area (Å²) in [5.41, 5.74) is 1.30. The van der Waals surface area contributed by atoms with E-state index in [0.717, 1.165) is 23.7 Å². The minimum absolute atomic E-state index is 0.199. The molecule has 0 aliphatic rings. The molecule has 1 N–H and O–H groups in total. The zero-order valence-corrected chi connectivity index (χ0v) is 9.66. The van der Waals surface area contributed by atoms with Gasteiger partial charge in [-0.15, -0.1) is 11.3 Å². The molecule has 0 aliphatic heterocycles. The van der Waals surface area contributed by atoms with Crippen LogP contribution in [0.5, 0.6) is 0 Å². The summed E-state index contributed by atoms with van der Waals surface area (Å²) in [7, 11) is 0. The Kier molecular flexibility index (Phi) is 3.31. The predicted molar refractivity (Wildman–Crippen MR) is 59.5 cm³/mol. The van der Waals surface area contributed by atoms with E-state index in [2.05, 4.69) is 36.5 Å². The first kappa shape index (κ1) is 10.5. The Morgan fingerprint density at radius 3 is 2.46 bits per heavy atom. The monoisotopic (exact) mass is 198 g/mol. The van der Waals surface area contributed by atoms with Gasteiger partial charge in [-0.2, -0.15) is 0 Å². The molecule has 1 rings (SSSR count). The van der Waals surface area contributed by atoms with Crippen LogP contribution < -0.4 is 5.32 Å². The van der Waals surface area contributed by atoms with Crippen molar-refractivity contribution in [2.75, 3.05) is 5.32 Å². The summed E-state index contributed by atoms with van der Waals surface area (Å²) < 4.78 is 0. The lowest BCUT2D eigenvalue weighted by molar-refractivity contribution is 0.478. The quantitative estimate of drug-likeness (QED) is 0.801. The molecule has 0 unspecified atom stereocenters. The zero-order chi connectivity index (χ0) is 9.90. The Balaban J connectivity index is 2.67. The van der Waals surface area contributed by atoms with Gasteiger partial charge < -0.3 is 5.32 Å². The fourth-order valence-corrected chi connectivity index (χ4v) is 1.93. The molecule has 1 aromatic heterocycles. The molecule has 0 amide bonds. The summed E-state index contributed by atoms with van der Waals surface area (Å²) in [5.74, 6) is 0. The van der Waals surface area contributed by atoms with Crippen LogP contribution in [-0.2, 0) is 0 Å². The largest absolute Gasteiger partial charge is 0.356 e. The van der Waals surface area contributed by atoms with Crippen molar-refractivity contribution in [1.82, 2.24) is 4.98 Å². The van der Waals surface area contributed by atoms with Crippen molar-refractivity contribution in [2.45, 2.75) is 46.1 Å². The van der Waals surface area contributed by atoms with Crippen molar-refractivity contribution in [1.29, 1.82) is 0 Å². The van der Waals surface area contributed by atoms with Crippen LogP contribution in [0.25, 0.3) is 0 Å². The average Bonchev–Trinajstić information content (AvgIpc) is 2.51. The van der Waals surface area contributed by atoms with E-state index in [1.807, 2.05) is 6.92 Å². The Hall–Kier alpha value is -0.570. The van der Waals surface area contributed by atoms with E-state index in [-0.39, 0.29) is 5.54 Å². The van der Waals surface area contributed by atoms with Crippen molar-refractivity contribution in [3.63, 3.8) is 0 Å². The van der Waals surface area contributed by atoms with Gasteiger partial charge in [0.15, 0.2) is 5.13 Å². The fourth-order valence-electron chi connectivity index (χ4n) is 1.10. The first-order valence-corrected chi connectivity index (χ1v) is 5.68. The third kappa shape index (κ3) is 2.69. The van der Waals surface area contributed by atoms with Gasteiger partial charge in [0.05, 0.1) is 5.69 Å². The van der Waals surface area contributed by atoms with Gasteiger partial charge in [0.2, 0.25) is 0 Å². The number of anilines is 1. The molecule has 0 aromatic carbocycles. The Bertz CT molecular complexity index is 264. The second-order valence-corrected chi connectivity index (χ2v) is 4.54. The summed E-state index contributed by atoms with van der Waals surface area (Å²) >= 11 is 1.68. The van der Waals surface area contributed by atoms with Crippen molar-refractivity contribution in [3.8, 4) is 0 Å². The first-order chi connectivity index (χ1) is 6.09. The number of nitrogens with one attached hydrogen (secondary N) is 1. The van der Waals surface area contributed by atoms with Crippen molar-refractivity contribution < 1.29 is 0 Å². The molecule has 0 radical (unpaired) electrons. The van der Waals surface area contributed by atoms with Gasteiger partial charge in [-0.1, -0.05) is 13.8 Å². The van der Waals surface area contributed by atoms with Gasteiger partial charge in [0.1, 0.15) is 0 Å². The van der Waals surface area contributed by atoms with Gasteiger partial charge in [0.25, 0.3) is 0 Å². The summed E-state index contributed by atoms with van der Waals surface area (Å²) in [5, 5.41) is 6.61. The second kappa shape index (κ2) is 4.09. The topological polar surface area (TPSA) is 24.9 Å². The molecule has 2 nitrogen and oxygen atoms in total. The van der Waals surface area contributed by atoms with Crippen LogP contribution >= 0.6 is 11.3 Å². The SMILES string of the molecule is CCC(C)(CC)Nc1nc(C)cs1. The number of thiazole rings is 1. The zero-order valence-electron chi connectivity index (χ0n) is 8.85. The van der Waals surface area contributed by atoms with E-state index in [0.29, 0.717) is 0 Å². The molecule has 1 heterocycles. The minimum Gasteiger partial charge on any atom is -0.356 e. The van der Waals surface area contributed by atoms with Crippen molar-refractivity contribution >= 4 is 16.5 Å². The molecule has 0 atom stereocenters. The summed E-state index contributed by atoms with van der Waals surface area (Å²) in [6.45, 7) is 8.68. The molecule has 0 aliphatic carbocycles. The molecule has 1 aromatic rings. The second-order valence-electron chi connectivity index (χ2n) is 3.69. The van der Waals surface area contributed by atoms with Crippen LogP contribution in [0, 0.1) is 6.92 Å². The van der Waals surface area contributed by atoms with E-state index in [1.165, 1.54) is 0 Å². The average molecular weight is 198 g/mol. The highest BCUT2D eigenvalue weighted by atomic mass is 32.1. The van der Waals surface area contributed by atoms with E-state index in [4.69, 9.17) is 0 Å². The first-order valence-electron chi connectivity index (χ1n) is 4.80. The Labute approximate surface area is 84.4 Å². The van der Waals surface area contributed by atoms with Crippen LogP contribution in [0.4, 0.5) is 5.13 Å². The van der Waals surface area contributed by atoms with Gasteiger partial charge in [-0.05, 0) is 26.7 Å². The number of hydrogen-bond acceptors (Lipinski definition) is 3. The molecule has 3 heteroatoms. The highest BCUT2D eigenvalue weighted by Crippen LogP contribution is 2.23. The fraction of sp³-hybridized carbons (Fsp3) is 0.700. The maximum atomic E-state index is 4.40. The van der Waals surface area contributed by atoms with Gasteiger partial charge >= 0.3 is 0 Å². The smallest absolute Gasteiger partial charge is 0.183 e. The minimum atomic E-state index is 0.199. The van der Waals surface area contributed by atoms with Gasteiger partial charge in [0, 0.05) is 10.9 Å². The van der Waals surface area contributed by atoms with E-state index >= 15 is 0 Å². The number of hydrogen-bond donors (Lipinski definition) is 1. The van der Waals surface area contributed by atoms with Gasteiger partial charge in [-0.25, -0.2) is 4.98 Å². The summed E-state index contributed by atoms with van der Waals surface area (Å²) in [4.78, 5) is 4.40. The maximum absolute atomic E-state index is 4.40. The highest BCUT2D eigenvalue weighted by Gasteiger charge is 2.19. The lowest BCUT2D eigenvalue weighted by Gasteiger charge is -2.27. The molecular formula is C10H18N2S. The third-order valence-corrected chi connectivity index (χ3v) is 3.46. The molecule has 0 spiro atoms. The number of aromatic nitrogens is 1.